The fourth-order valence-corrected chi connectivity index (χ4v) is 3.99. The third kappa shape index (κ3) is 5.47. The van der Waals surface area contributed by atoms with E-state index in [-0.39, 0.29) is 5.25 Å². The molecule has 2 atom stereocenters. The number of methoxy groups -OCH3 is 2. The number of carbonyl (C=O) groups excluding carboxylic acids is 3. The first-order valence-electron chi connectivity index (χ1n) is 8.10. The normalized spacial score (nSPS) is 20.0. The van der Waals surface area contributed by atoms with E-state index < -0.39 is 17.3 Å². The van der Waals surface area contributed by atoms with E-state index >= 15 is 0 Å². The van der Waals surface area contributed by atoms with E-state index in [0.29, 0.717) is 42.1 Å². The van der Waals surface area contributed by atoms with E-state index in [9.17, 15) is 14.4 Å². The van der Waals surface area contributed by atoms with E-state index in [0.717, 1.165) is 11.8 Å². The predicted octanol–water partition coefficient (Wildman–Crippen LogP) is 3.18. The molecule has 7 nitrogen and oxygen atoms in total. The van der Waals surface area contributed by atoms with Gasteiger partial charge in [-0.05, 0) is 35.4 Å². The average Bonchev–Trinajstić information content (AvgIpc) is 2.69. The van der Waals surface area contributed by atoms with Crippen molar-refractivity contribution in [2.24, 2.45) is 0 Å². The number of hydrogen-bond acceptors (Lipinski definition) is 8. The Morgan fingerprint density at radius 2 is 2.04 bits per heavy atom. The number of halogens is 1. The summed E-state index contributed by atoms with van der Waals surface area (Å²) in [5.41, 5.74) is 1.31. The maximum Gasteiger partial charge on any atom is 0.367 e. The molecule has 1 aliphatic rings. The van der Waals surface area contributed by atoms with Crippen LogP contribution >= 0.6 is 23.4 Å². The fourth-order valence-electron chi connectivity index (χ4n) is 2.91. The van der Waals surface area contributed by atoms with Crippen molar-refractivity contribution in [1.82, 2.24) is 4.90 Å². The minimum atomic E-state index is -0.715. The number of carbonyl (C=O) groups is 3. The Hall–Kier alpha value is -2.03. The molecule has 0 saturated carbocycles. The van der Waals surface area contributed by atoms with Gasteiger partial charge in [-0.1, -0.05) is 29.8 Å². The molecule has 0 aromatic heterocycles. The van der Waals surface area contributed by atoms with E-state index in [2.05, 4.69) is 0 Å². The van der Waals surface area contributed by atoms with E-state index in [1.165, 1.54) is 20.5 Å². The minimum absolute atomic E-state index is 0.224. The maximum absolute atomic E-state index is 12.5. The standard InChI is InChI=1S/C18H20ClNO6S/c1-24-17(22)16(13-5-3-4-6-14(13)19)20-8-7-15(27-18(23)25-2)12(9-20)10-26-11-21/h3-6,10-11,15-16H,7-9H2,1-2H3/b12-10-/t15?,16-/m0/s1. The Morgan fingerprint density at radius 3 is 2.67 bits per heavy atom. The summed E-state index contributed by atoms with van der Waals surface area (Å²) in [5, 5.41) is -0.201. The Balaban J connectivity index is 2.30. The van der Waals surface area contributed by atoms with E-state index in [4.69, 9.17) is 25.8 Å². The zero-order chi connectivity index (χ0) is 19.8. The Kier molecular flexibility index (Phi) is 8.15. The van der Waals surface area contributed by atoms with Gasteiger partial charge in [0, 0.05) is 23.4 Å². The summed E-state index contributed by atoms with van der Waals surface area (Å²) in [6.45, 7) is 1.11. The summed E-state index contributed by atoms with van der Waals surface area (Å²) in [6, 6.07) is 6.34. The Morgan fingerprint density at radius 1 is 1.30 bits per heavy atom. The lowest BCUT2D eigenvalue weighted by molar-refractivity contribution is -0.147. The van der Waals surface area contributed by atoms with Gasteiger partial charge < -0.3 is 14.2 Å². The molecule has 1 fully saturated rings. The maximum atomic E-state index is 12.5. The fraction of sp³-hybridized carbons (Fsp3) is 0.389. The van der Waals surface area contributed by atoms with Crippen molar-refractivity contribution in [3.63, 3.8) is 0 Å². The van der Waals surface area contributed by atoms with Crippen molar-refractivity contribution in [3.05, 3.63) is 46.7 Å². The first kappa shape index (κ1) is 21.3. The third-order valence-electron chi connectivity index (χ3n) is 4.15. The van der Waals surface area contributed by atoms with Gasteiger partial charge in [0.1, 0.15) is 6.04 Å². The molecular formula is C18H20ClNO6S. The summed E-state index contributed by atoms with van der Waals surface area (Å²) in [7, 11) is 2.62. The molecule has 1 aromatic rings. The van der Waals surface area contributed by atoms with Crippen LogP contribution in [-0.2, 0) is 23.8 Å². The van der Waals surface area contributed by atoms with Gasteiger partial charge in [0.2, 0.25) is 0 Å². The second kappa shape index (κ2) is 10.3. The molecule has 0 radical (unpaired) electrons. The number of thioether (sulfide) groups is 1. The molecule has 1 aromatic carbocycles. The first-order chi connectivity index (χ1) is 13.0. The number of benzene rings is 1. The van der Waals surface area contributed by atoms with Crippen molar-refractivity contribution in [3.8, 4) is 0 Å². The highest BCUT2D eigenvalue weighted by atomic mass is 35.5. The first-order valence-corrected chi connectivity index (χ1v) is 9.36. The van der Waals surface area contributed by atoms with Crippen LogP contribution in [0.25, 0.3) is 0 Å². The van der Waals surface area contributed by atoms with Gasteiger partial charge in [0.05, 0.1) is 20.5 Å². The van der Waals surface area contributed by atoms with E-state index in [1.807, 2.05) is 4.90 Å². The smallest absolute Gasteiger partial charge is 0.367 e. The second-order valence-electron chi connectivity index (χ2n) is 5.69. The molecule has 1 aliphatic heterocycles. The number of nitrogens with zero attached hydrogens (tertiary/aromatic N) is 1. The number of likely N-dealkylation sites (tertiary alicyclic amines) is 1. The van der Waals surface area contributed by atoms with Crippen LogP contribution in [0, 0.1) is 0 Å². The number of rotatable bonds is 6. The average molecular weight is 414 g/mol. The summed E-state index contributed by atoms with van der Waals surface area (Å²) < 4.78 is 14.5. The molecule has 0 amide bonds. The number of esters is 1. The van der Waals surface area contributed by atoms with Crippen molar-refractivity contribution in [2.75, 3.05) is 27.3 Å². The van der Waals surface area contributed by atoms with Crippen LogP contribution in [0.3, 0.4) is 0 Å². The summed E-state index contributed by atoms with van der Waals surface area (Å²) >= 11 is 7.30. The molecule has 27 heavy (non-hydrogen) atoms. The minimum Gasteiger partial charge on any atom is -0.468 e. The molecule has 0 bridgehead atoms. The molecule has 2 rings (SSSR count). The van der Waals surface area contributed by atoms with Crippen LogP contribution < -0.4 is 0 Å². The SMILES string of the molecule is COC(=O)SC1CCN([C@H](C(=O)OC)c2ccccc2Cl)C/C1=C/OC=O. The molecule has 146 valence electrons. The largest absolute Gasteiger partial charge is 0.468 e. The van der Waals surface area contributed by atoms with Gasteiger partial charge in [-0.25, -0.2) is 9.59 Å². The van der Waals surface area contributed by atoms with Crippen LogP contribution in [0.2, 0.25) is 5.02 Å². The molecule has 0 aliphatic carbocycles. The molecule has 0 spiro atoms. The lowest BCUT2D eigenvalue weighted by Gasteiger charge is -2.37. The molecule has 1 unspecified atom stereocenters. The molecule has 0 N–H and O–H groups in total. The molecule has 1 heterocycles. The number of ether oxygens (including phenoxy) is 3. The van der Waals surface area contributed by atoms with Gasteiger partial charge in [0.15, 0.2) is 0 Å². The molecule has 1 saturated heterocycles. The van der Waals surface area contributed by atoms with Gasteiger partial charge in [-0.2, -0.15) is 0 Å². The highest BCUT2D eigenvalue weighted by molar-refractivity contribution is 8.13. The van der Waals surface area contributed by atoms with Crippen LogP contribution in [-0.4, -0.2) is 55.2 Å². The van der Waals surface area contributed by atoms with E-state index in [1.54, 1.807) is 24.3 Å². The summed E-state index contributed by atoms with van der Waals surface area (Å²) in [6.07, 6.45) is 1.85. The summed E-state index contributed by atoms with van der Waals surface area (Å²) in [5.74, 6) is -0.446. The second-order valence-corrected chi connectivity index (χ2v) is 7.24. The van der Waals surface area contributed by atoms with Crippen molar-refractivity contribution < 1.29 is 28.6 Å². The zero-order valence-electron chi connectivity index (χ0n) is 14.9. The third-order valence-corrected chi connectivity index (χ3v) is 5.67. The molecular weight excluding hydrogens is 394 g/mol. The predicted molar refractivity (Wildman–Crippen MR) is 101 cm³/mol. The number of hydrogen-bond donors (Lipinski definition) is 0. The molecule has 9 heteroatoms. The zero-order valence-corrected chi connectivity index (χ0v) is 16.5. The Labute approximate surface area is 166 Å². The van der Waals surface area contributed by atoms with Crippen LogP contribution in [0.4, 0.5) is 4.79 Å². The van der Waals surface area contributed by atoms with Crippen molar-refractivity contribution in [2.45, 2.75) is 17.7 Å². The topological polar surface area (TPSA) is 82.1 Å². The lowest BCUT2D eigenvalue weighted by atomic mass is 9.99. The monoisotopic (exact) mass is 413 g/mol. The van der Waals surface area contributed by atoms with Gasteiger partial charge in [-0.15, -0.1) is 0 Å². The van der Waals surface area contributed by atoms with Crippen molar-refractivity contribution in [1.29, 1.82) is 0 Å². The highest BCUT2D eigenvalue weighted by Crippen LogP contribution is 2.35. The van der Waals surface area contributed by atoms with Crippen LogP contribution in [0.1, 0.15) is 18.0 Å². The Bertz CT molecular complexity index is 726. The van der Waals surface area contributed by atoms with Gasteiger partial charge in [0.25, 0.3) is 6.47 Å². The quantitative estimate of drug-likeness (QED) is 0.304. The number of piperidine rings is 1. The van der Waals surface area contributed by atoms with Crippen LogP contribution in [0.5, 0.6) is 0 Å². The van der Waals surface area contributed by atoms with Crippen molar-refractivity contribution >= 4 is 41.1 Å². The lowest BCUT2D eigenvalue weighted by Crippen LogP contribution is -2.43. The van der Waals surface area contributed by atoms with Crippen LogP contribution in [0.15, 0.2) is 36.1 Å². The van der Waals surface area contributed by atoms with Gasteiger partial charge in [-0.3, -0.25) is 9.69 Å². The highest BCUT2D eigenvalue weighted by Gasteiger charge is 2.36. The van der Waals surface area contributed by atoms with Gasteiger partial charge >= 0.3 is 11.3 Å². The summed E-state index contributed by atoms with van der Waals surface area (Å²) in [4.78, 5) is 36.6.